The van der Waals surface area contributed by atoms with Gasteiger partial charge in [-0.05, 0) is 24.8 Å². The van der Waals surface area contributed by atoms with Gasteiger partial charge < -0.3 is 11.5 Å². The largest absolute Gasteiger partial charge is 0.383 e. The van der Waals surface area contributed by atoms with Crippen LogP contribution in [-0.4, -0.2) is 16.8 Å². The van der Waals surface area contributed by atoms with Gasteiger partial charge in [-0.1, -0.05) is 11.6 Å². The minimum absolute atomic E-state index is 0.162. The first-order chi connectivity index (χ1) is 7.09. The number of Topliss-reactive ketones (excluding diaryl/α,β-unsaturated/α-hetero) is 1. The number of hydrogen-bond donors (Lipinski definition) is 2. The lowest BCUT2D eigenvalue weighted by Crippen LogP contribution is -2.33. The first-order valence-corrected chi connectivity index (χ1v) is 5.18. The van der Waals surface area contributed by atoms with E-state index in [1.165, 1.54) is 12.3 Å². The van der Waals surface area contributed by atoms with Crippen LogP contribution >= 0.6 is 11.6 Å². The summed E-state index contributed by atoms with van der Waals surface area (Å²) >= 11 is 5.75. The summed E-state index contributed by atoms with van der Waals surface area (Å²) in [6.07, 6.45) is 3.44. The highest BCUT2D eigenvalue weighted by molar-refractivity contribution is 6.31. The van der Waals surface area contributed by atoms with Crippen molar-refractivity contribution in [3.05, 3.63) is 22.8 Å². The molecule has 1 atom stereocenters. The number of hydrogen-bond acceptors (Lipinski definition) is 4. The Labute approximate surface area is 92.6 Å². The Balaban J connectivity index is 2.27. The summed E-state index contributed by atoms with van der Waals surface area (Å²) in [5.74, 6) is 0.335. The molecule has 1 aliphatic carbocycles. The molecule has 0 aliphatic heterocycles. The third-order valence-electron chi connectivity index (χ3n) is 2.58. The van der Waals surface area contributed by atoms with Crippen LogP contribution in [0.5, 0.6) is 0 Å². The van der Waals surface area contributed by atoms with Crippen LogP contribution in [0.1, 0.15) is 23.2 Å². The Morgan fingerprint density at radius 2 is 2.27 bits per heavy atom. The number of nitrogens with two attached hydrogens (primary N) is 2. The minimum Gasteiger partial charge on any atom is -0.383 e. The van der Waals surface area contributed by atoms with E-state index in [9.17, 15) is 4.79 Å². The average molecular weight is 226 g/mol. The predicted molar refractivity (Wildman–Crippen MR) is 58.7 cm³/mol. The molecular formula is C10H12ClN3O. The average Bonchev–Trinajstić information content (AvgIpc) is 3.03. The maximum atomic E-state index is 11.9. The van der Waals surface area contributed by atoms with Gasteiger partial charge in [0.05, 0.1) is 16.6 Å². The van der Waals surface area contributed by atoms with E-state index in [-0.39, 0.29) is 11.6 Å². The summed E-state index contributed by atoms with van der Waals surface area (Å²) < 4.78 is 0. The maximum Gasteiger partial charge on any atom is 0.183 e. The van der Waals surface area contributed by atoms with Gasteiger partial charge in [0.1, 0.15) is 5.82 Å². The molecule has 0 amide bonds. The summed E-state index contributed by atoms with van der Waals surface area (Å²) in [6, 6.07) is 1.06. The Morgan fingerprint density at radius 3 is 2.87 bits per heavy atom. The maximum absolute atomic E-state index is 11.9. The topological polar surface area (TPSA) is 82.0 Å². The summed E-state index contributed by atoms with van der Waals surface area (Å²) in [5, 5.41) is 0.399. The quantitative estimate of drug-likeness (QED) is 0.759. The Morgan fingerprint density at radius 1 is 1.60 bits per heavy atom. The molecule has 0 spiro atoms. The lowest BCUT2D eigenvalue weighted by atomic mass is 10.0. The molecule has 0 saturated heterocycles. The van der Waals surface area contributed by atoms with Gasteiger partial charge in [0.15, 0.2) is 5.78 Å². The fourth-order valence-electron chi connectivity index (χ4n) is 1.50. The second-order valence-corrected chi connectivity index (χ2v) is 4.25. The third kappa shape index (κ3) is 2.11. The molecule has 0 aromatic carbocycles. The molecule has 15 heavy (non-hydrogen) atoms. The fourth-order valence-corrected chi connectivity index (χ4v) is 1.65. The van der Waals surface area contributed by atoms with Gasteiger partial charge >= 0.3 is 0 Å². The Hall–Kier alpha value is -1.13. The molecule has 4 nitrogen and oxygen atoms in total. The Kier molecular flexibility index (Phi) is 2.63. The van der Waals surface area contributed by atoms with Crippen LogP contribution < -0.4 is 11.5 Å². The molecular weight excluding hydrogens is 214 g/mol. The molecule has 1 saturated carbocycles. The molecule has 4 N–H and O–H groups in total. The molecule has 0 radical (unpaired) electrons. The number of carbonyl (C=O) groups is 1. The van der Waals surface area contributed by atoms with E-state index in [0.717, 1.165) is 12.8 Å². The van der Waals surface area contributed by atoms with Gasteiger partial charge in [0.25, 0.3) is 0 Å². The van der Waals surface area contributed by atoms with E-state index in [1.807, 2.05) is 0 Å². The number of rotatable bonds is 3. The zero-order chi connectivity index (χ0) is 11.0. The van der Waals surface area contributed by atoms with Crippen molar-refractivity contribution in [2.75, 3.05) is 5.73 Å². The fraction of sp³-hybridized carbons (Fsp3) is 0.400. The highest BCUT2D eigenvalue weighted by atomic mass is 35.5. The van der Waals surface area contributed by atoms with Gasteiger partial charge in [-0.3, -0.25) is 4.79 Å². The standard InChI is InChI=1S/C10H12ClN3O/c11-6-3-7(10(13)14-4-6)9(15)8(12)5-1-2-5/h3-5,8H,1-2,12H2,(H2,13,14). The molecule has 2 rings (SSSR count). The first-order valence-electron chi connectivity index (χ1n) is 4.80. The van der Waals surface area contributed by atoms with Crippen molar-refractivity contribution in [1.82, 2.24) is 4.98 Å². The van der Waals surface area contributed by atoms with Gasteiger partial charge in [-0.15, -0.1) is 0 Å². The molecule has 1 heterocycles. The molecule has 5 heteroatoms. The van der Waals surface area contributed by atoms with E-state index in [0.29, 0.717) is 16.5 Å². The van der Waals surface area contributed by atoms with E-state index in [2.05, 4.69) is 4.98 Å². The highest BCUT2D eigenvalue weighted by Crippen LogP contribution is 2.33. The summed E-state index contributed by atoms with van der Waals surface area (Å²) in [7, 11) is 0. The number of nitrogen functional groups attached to an aromatic ring is 1. The second-order valence-electron chi connectivity index (χ2n) is 3.81. The van der Waals surface area contributed by atoms with Gasteiger partial charge in [0, 0.05) is 6.20 Å². The van der Waals surface area contributed by atoms with Crippen molar-refractivity contribution in [3.63, 3.8) is 0 Å². The van der Waals surface area contributed by atoms with Crippen LogP contribution in [-0.2, 0) is 0 Å². The number of ketones is 1. The Bertz CT molecular complexity index is 404. The molecule has 80 valence electrons. The van der Waals surface area contributed by atoms with Crippen LogP contribution in [0.3, 0.4) is 0 Å². The highest BCUT2D eigenvalue weighted by Gasteiger charge is 2.34. The molecule has 1 aromatic heterocycles. The second kappa shape index (κ2) is 3.79. The molecule has 1 aromatic rings. The third-order valence-corrected chi connectivity index (χ3v) is 2.79. The van der Waals surface area contributed by atoms with Crippen LogP contribution in [0.4, 0.5) is 5.82 Å². The van der Waals surface area contributed by atoms with Crippen LogP contribution in [0.15, 0.2) is 12.3 Å². The smallest absolute Gasteiger partial charge is 0.183 e. The van der Waals surface area contributed by atoms with Gasteiger partial charge in [-0.25, -0.2) is 4.98 Å². The number of carbonyl (C=O) groups excluding carboxylic acids is 1. The summed E-state index contributed by atoms with van der Waals surface area (Å²) in [4.78, 5) is 15.7. The molecule has 1 unspecified atom stereocenters. The summed E-state index contributed by atoms with van der Waals surface area (Å²) in [5.41, 5.74) is 11.7. The minimum atomic E-state index is -0.465. The van der Waals surface area contributed by atoms with Gasteiger partial charge in [-0.2, -0.15) is 0 Å². The van der Waals surface area contributed by atoms with E-state index >= 15 is 0 Å². The van der Waals surface area contributed by atoms with E-state index < -0.39 is 6.04 Å². The van der Waals surface area contributed by atoms with Crippen molar-refractivity contribution in [2.45, 2.75) is 18.9 Å². The van der Waals surface area contributed by atoms with E-state index in [1.54, 1.807) is 0 Å². The van der Waals surface area contributed by atoms with Crippen molar-refractivity contribution in [2.24, 2.45) is 11.7 Å². The number of aromatic nitrogens is 1. The molecule has 0 bridgehead atoms. The van der Waals surface area contributed by atoms with Crippen LogP contribution in [0.25, 0.3) is 0 Å². The number of anilines is 1. The SMILES string of the molecule is Nc1ncc(Cl)cc1C(=O)C(N)C1CC1. The van der Waals surface area contributed by atoms with E-state index in [4.69, 9.17) is 23.1 Å². The lowest BCUT2D eigenvalue weighted by molar-refractivity contribution is 0.0952. The normalized spacial score (nSPS) is 17.5. The number of pyridine rings is 1. The van der Waals surface area contributed by atoms with Crippen molar-refractivity contribution in [3.8, 4) is 0 Å². The zero-order valence-electron chi connectivity index (χ0n) is 8.11. The molecule has 1 aliphatic rings. The lowest BCUT2D eigenvalue weighted by Gasteiger charge is -2.10. The van der Waals surface area contributed by atoms with Crippen LogP contribution in [0.2, 0.25) is 5.02 Å². The van der Waals surface area contributed by atoms with Crippen molar-refractivity contribution in [1.29, 1.82) is 0 Å². The van der Waals surface area contributed by atoms with Crippen molar-refractivity contribution >= 4 is 23.2 Å². The molecule has 1 fully saturated rings. The monoisotopic (exact) mass is 225 g/mol. The zero-order valence-corrected chi connectivity index (χ0v) is 8.87. The van der Waals surface area contributed by atoms with Crippen LogP contribution in [0, 0.1) is 5.92 Å². The summed E-state index contributed by atoms with van der Waals surface area (Å²) in [6.45, 7) is 0. The van der Waals surface area contributed by atoms with Crippen molar-refractivity contribution < 1.29 is 4.79 Å². The first kappa shape index (κ1) is 10.4. The van der Waals surface area contributed by atoms with Gasteiger partial charge in [0.2, 0.25) is 0 Å². The number of halogens is 1. The predicted octanol–water partition coefficient (Wildman–Crippen LogP) is 1.24. The number of nitrogens with zero attached hydrogens (tertiary/aromatic N) is 1.